The highest BCUT2D eigenvalue weighted by molar-refractivity contribution is 7.53. The zero-order chi connectivity index (χ0) is 16.0. The Bertz CT molecular complexity index is 418. The molecule has 0 saturated carbocycles. The van der Waals surface area contributed by atoms with Crippen LogP contribution >= 0.6 is 7.60 Å². The molecule has 0 aliphatic carbocycles. The van der Waals surface area contributed by atoms with Gasteiger partial charge in [0, 0.05) is 6.92 Å². The Kier molecular flexibility index (Phi) is 6.73. The zero-order valence-electron chi connectivity index (χ0n) is 11.9. The van der Waals surface area contributed by atoms with Crippen LogP contribution in [0.5, 0.6) is 0 Å². The van der Waals surface area contributed by atoms with Gasteiger partial charge in [-0.1, -0.05) is 0 Å². The van der Waals surface area contributed by atoms with E-state index in [4.69, 9.17) is 13.8 Å². The molecule has 0 spiro atoms. The van der Waals surface area contributed by atoms with Crippen molar-refractivity contribution >= 4 is 19.5 Å². The first-order valence-electron chi connectivity index (χ1n) is 6.34. The number of alkyl halides is 1. The highest BCUT2D eigenvalue weighted by Gasteiger charge is 2.49. The molecule has 1 aliphatic rings. The van der Waals surface area contributed by atoms with Crippen LogP contribution in [0.4, 0.5) is 4.39 Å². The van der Waals surface area contributed by atoms with E-state index in [0.717, 1.165) is 6.92 Å². The molecular formula is C11H18FO8P. The second kappa shape index (κ2) is 7.84. The van der Waals surface area contributed by atoms with Crippen LogP contribution in [0.25, 0.3) is 0 Å². The summed E-state index contributed by atoms with van der Waals surface area (Å²) in [5.41, 5.74) is 0. The van der Waals surface area contributed by atoms with E-state index in [2.05, 4.69) is 9.47 Å². The average Bonchev–Trinajstić information content (AvgIpc) is 2.64. The summed E-state index contributed by atoms with van der Waals surface area (Å²) >= 11 is 0. The van der Waals surface area contributed by atoms with Crippen molar-refractivity contribution in [1.82, 2.24) is 0 Å². The fraction of sp³-hybridized carbons (Fsp3) is 0.818. The monoisotopic (exact) mass is 328 g/mol. The number of halogens is 1. The molecule has 0 aromatic heterocycles. The van der Waals surface area contributed by atoms with Gasteiger partial charge in [0.2, 0.25) is 18.6 Å². The third-order valence-electron chi connectivity index (χ3n) is 2.36. The number of carbonyl (C=O) groups excluding carboxylic acids is 2. The molecule has 0 aromatic carbocycles. The van der Waals surface area contributed by atoms with Gasteiger partial charge in [-0.15, -0.1) is 0 Å². The van der Waals surface area contributed by atoms with E-state index in [9.17, 15) is 18.5 Å². The minimum Gasteiger partial charge on any atom is -0.452 e. The third-order valence-corrected chi connectivity index (χ3v) is 4.13. The molecule has 0 aromatic rings. The van der Waals surface area contributed by atoms with E-state index >= 15 is 0 Å². The maximum atomic E-state index is 13.5. The van der Waals surface area contributed by atoms with Gasteiger partial charge < -0.3 is 23.3 Å². The van der Waals surface area contributed by atoms with Crippen LogP contribution in [0.1, 0.15) is 20.8 Å². The van der Waals surface area contributed by atoms with E-state index in [1.807, 2.05) is 0 Å². The van der Waals surface area contributed by atoms with E-state index < -0.39 is 44.4 Å². The van der Waals surface area contributed by atoms with Crippen LogP contribution in [0.15, 0.2) is 0 Å². The van der Waals surface area contributed by atoms with Crippen LogP contribution in [0.2, 0.25) is 0 Å². The number of hydrogen-bond acceptors (Lipinski definition) is 8. The lowest BCUT2D eigenvalue weighted by Gasteiger charge is -2.21. The summed E-state index contributed by atoms with van der Waals surface area (Å²) in [5, 5.41) is 0. The Morgan fingerprint density at radius 3 is 2.38 bits per heavy atom. The van der Waals surface area contributed by atoms with Gasteiger partial charge in [0.05, 0.1) is 13.2 Å². The summed E-state index contributed by atoms with van der Waals surface area (Å²) < 4.78 is 49.9. The van der Waals surface area contributed by atoms with Gasteiger partial charge in [-0.2, -0.15) is 0 Å². The van der Waals surface area contributed by atoms with Crippen LogP contribution in [-0.2, 0) is 37.4 Å². The minimum atomic E-state index is -3.55. The Labute approximate surface area is 121 Å². The van der Waals surface area contributed by atoms with Gasteiger partial charge in [-0.3, -0.25) is 9.36 Å². The highest BCUT2D eigenvalue weighted by Crippen LogP contribution is 2.48. The summed E-state index contributed by atoms with van der Waals surface area (Å²) in [6.07, 6.45) is -5.76. The molecule has 1 unspecified atom stereocenters. The van der Waals surface area contributed by atoms with E-state index in [0.29, 0.717) is 0 Å². The van der Waals surface area contributed by atoms with Crippen molar-refractivity contribution in [3.8, 4) is 0 Å². The lowest BCUT2D eigenvalue weighted by molar-refractivity contribution is -0.182. The molecule has 0 radical (unpaired) electrons. The van der Waals surface area contributed by atoms with Crippen molar-refractivity contribution in [3.63, 3.8) is 0 Å². The summed E-state index contributed by atoms with van der Waals surface area (Å²) in [6, 6.07) is 0. The average molecular weight is 328 g/mol. The van der Waals surface area contributed by atoms with Gasteiger partial charge in [0.1, 0.15) is 0 Å². The van der Waals surface area contributed by atoms with Crippen LogP contribution < -0.4 is 0 Å². The fourth-order valence-electron chi connectivity index (χ4n) is 1.62. The molecule has 3 atom stereocenters. The Balaban J connectivity index is 2.68. The molecule has 1 rings (SSSR count). The van der Waals surface area contributed by atoms with Crippen LogP contribution in [0, 0.1) is 0 Å². The van der Waals surface area contributed by atoms with Crippen molar-refractivity contribution in [1.29, 1.82) is 0 Å². The van der Waals surface area contributed by atoms with E-state index in [1.54, 1.807) is 13.8 Å². The SMILES string of the molecule is CCOP(=O)(CO[C@H]1OC(=O)[C@@H](F)C1OC(C)=O)OCC. The normalized spacial score (nSPS) is 25.7. The summed E-state index contributed by atoms with van der Waals surface area (Å²) in [4.78, 5) is 22.0. The van der Waals surface area contributed by atoms with E-state index in [1.165, 1.54) is 0 Å². The Hall–Kier alpha value is -1.02. The first kappa shape index (κ1) is 18.0. The Morgan fingerprint density at radius 2 is 1.90 bits per heavy atom. The molecule has 122 valence electrons. The Morgan fingerprint density at radius 1 is 1.33 bits per heavy atom. The number of ether oxygens (including phenoxy) is 3. The van der Waals surface area contributed by atoms with Gasteiger partial charge in [-0.25, -0.2) is 9.18 Å². The van der Waals surface area contributed by atoms with Crippen LogP contribution in [0.3, 0.4) is 0 Å². The molecule has 1 saturated heterocycles. The van der Waals surface area contributed by atoms with E-state index in [-0.39, 0.29) is 13.2 Å². The van der Waals surface area contributed by atoms with Crippen molar-refractivity contribution < 1.29 is 41.8 Å². The summed E-state index contributed by atoms with van der Waals surface area (Å²) in [7, 11) is -3.55. The van der Waals surface area contributed by atoms with Gasteiger partial charge in [0.15, 0.2) is 6.35 Å². The largest absolute Gasteiger partial charge is 0.452 e. The minimum absolute atomic E-state index is 0.115. The second-order valence-electron chi connectivity index (χ2n) is 4.02. The van der Waals surface area contributed by atoms with Gasteiger partial charge in [-0.05, 0) is 13.8 Å². The maximum Gasteiger partial charge on any atom is 0.356 e. The molecule has 0 N–H and O–H groups in total. The molecule has 1 fully saturated rings. The molecule has 1 aliphatic heterocycles. The molecule has 10 heteroatoms. The number of rotatable bonds is 8. The number of cyclic esters (lactones) is 1. The highest BCUT2D eigenvalue weighted by atomic mass is 31.2. The number of esters is 2. The van der Waals surface area contributed by atoms with Crippen molar-refractivity contribution in [2.24, 2.45) is 0 Å². The molecular weight excluding hydrogens is 310 g/mol. The molecule has 0 amide bonds. The quantitative estimate of drug-likeness (QED) is 0.487. The summed E-state index contributed by atoms with van der Waals surface area (Å²) in [6.45, 7) is 4.51. The van der Waals surface area contributed by atoms with Crippen molar-refractivity contribution in [2.75, 3.05) is 19.6 Å². The smallest absolute Gasteiger partial charge is 0.356 e. The van der Waals surface area contributed by atoms with Crippen LogP contribution in [-0.4, -0.2) is 50.1 Å². The lowest BCUT2D eigenvalue weighted by Crippen LogP contribution is -2.35. The third kappa shape index (κ3) is 5.03. The summed E-state index contributed by atoms with van der Waals surface area (Å²) in [5.74, 6) is -2.01. The fourth-order valence-corrected chi connectivity index (χ4v) is 2.96. The number of carbonyl (C=O) groups is 2. The molecule has 0 bridgehead atoms. The van der Waals surface area contributed by atoms with Crippen molar-refractivity contribution in [2.45, 2.75) is 39.3 Å². The topological polar surface area (TPSA) is 97.4 Å². The van der Waals surface area contributed by atoms with Gasteiger partial charge in [0.25, 0.3) is 0 Å². The molecule has 1 heterocycles. The predicted octanol–water partition coefficient (Wildman–Crippen LogP) is 1.38. The maximum absolute atomic E-state index is 13.5. The van der Waals surface area contributed by atoms with Crippen molar-refractivity contribution in [3.05, 3.63) is 0 Å². The van der Waals surface area contributed by atoms with Gasteiger partial charge >= 0.3 is 19.5 Å². The first-order valence-corrected chi connectivity index (χ1v) is 8.07. The molecule has 21 heavy (non-hydrogen) atoms. The lowest BCUT2D eigenvalue weighted by atomic mass is 10.2. The second-order valence-corrected chi connectivity index (χ2v) is 6.02. The number of hydrogen-bond donors (Lipinski definition) is 0. The predicted molar refractivity (Wildman–Crippen MR) is 67.1 cm³/mol. The first-order chi connectivity index (χ1) is 9.83. The standard InChI is InChI=1S/C11H18FO8P/c1-4-17-21(15,18-5-2)6-16-11-9(19-7(3)13)8(12)10(14)20-11/h8-9,11H,4-6H2,1-3H3/t8-,9?,11-/m0/s1. The molecule has 8 nitrogen and oxygen atoms in total. The zero-order valence-corrected chi connectivity index (χ0v) is 12.8.